The average Bonchev–Trinajstić information content (AvgIpc) is 3.40. The highest BCUT2D eigenvalue weighted by Crippen LogP contribution is 2.39. The molecule has 8 nitrogen and oxygen atoms in total. The Morgan fingerprint density at radius 2 is 0.600 bits per heavy atom. The fraction of sp³-hybridized carbons (Fsp3) is 1.00. The molecule has 8 heteroatoms. The zero-order valence-electron chi connectivity index (χ0n) is 59.0. The first-order valence-electron chi connectivity index (χ1n) is 34.3. The van der Waals surface area contributed by atoms with Gasteiger partial charge in [-0.3, -0.25) is 0 Å². The van der Waals surface area contributed by atoms with E-state index in [-0.39, 0.29) is 0 Å². The van der Waals surface area contributed by atoms with Crippen LogP contribution in [-0.2, 0) is 14.2 Å². The first kappa shape index (κ1) is 77.7. The summed E-state index contributed by atoms with van der Waals surface area (Å²) in [5.74, 6) is 2.00. The Labute approximate surface area is 503 Å². The summed E-state index contributed by atoms with van der Waals surface area (Å²) in [6, 6.07) is 2.67. The Morgan fingerprint density at radius 3 is 0.787 bits per heavy atom. The molecular weight excluding hydrogens is 983 g/mol. The van der Waals surface area contributed by atoms with Crippen LogP contribution in [0.25, 0.3) is 0 Å². The van der Waals surface area contributed by atoms with Gasteiger partial charge in [-0.15, -0.1) is 0 Å². The van der Waals surface area contributed by atoms with Gasteiger partial charge in [-0.2, -0.15) is 0 Å². The Kier molecular flexibility index (Phi) is 37.0. The SMILES string of the molecule is CC(C)(C)C1CCCCC1.CC(C)(C)C1CCCCC1.CC(C)(C)[C@@H]1CCCCN1.CC(C)(C)[C@@H]1CCCCO1.CC(C)(C)[C@@H]1CNCCN1.CC(C)(C)[C@@H]1COCCN1.CC(C)(C)[C@H]1CCCCN1.CC(C)(C)[C@H]1CCCCO1. The molecule has 2 aliphatic carbocycles. The van der Waals surface area contributed by atoms with Crippen LogP contribution in [-0.4, -0.2) is 102 Å². The van der Waals surface area contributed by atoms with Gasteiger partial charge < -0.3 is 40.8 Å². The topological polar surface area (TPSA) is 87.8 Å². The molecule has 80 heavy (non-hydrogen) atoms. The molecule has 6 aliphatic heterocycles. The second kappa shape index (κ2) is 38.1. The molecule has 0 bridgehead atoms. The number of ether oxygens (including phenoxy) is 3. The van der Waals surface area contributed by atoms with E-state index >= 15 is 0 Å². The van der Waals surface area contributed by atoms with Crippen molar-refractivity contribution in [3.8, 4) is 0 Å². The van der Waals surface area contributed by atoms with Crippen LogP contribution >= 0.6 is 0 Å². The van der Waals surface area contributed by atoms with E-state index in [2.05, 4.69) is 193 Å². The third-order valence-electron chi connectivity index (χ3n) is 18.7. The molecule has 0 spiro atoms. The zero-order chi connectivity index (χ0) is 60.9. The number of piperazine rings is 1. The summed E-state index contributed by atoms with van der Waals surface area (Å²) in [5, 5.41) is 17.4. The van der Waals surface area contributed by atoms with Crippen molar-refractivity contribution in [2.75, 3.05) is 65.7 Å². The lowest BCUT2D eigenvalue weighted by molar-refractivity contribution is -0.0474. The minimum absolute atomic E-state index is 0.334. The molecule has 0 aromatic rings. The molecule has 8 fully saturated rings. The number of piperidine rings is 2. The van der Waals surface area contributed by atoms with Crippen molar-refractivity contribution < 1.29 is 14.2 Å². The molecular formula is C72H149N5O3. The lowest BCUT2D eigenvalue weighted by atomic mass is 9.72. The lowest BCUT2D eigenvalue weighted by Crippen LogP contribution is -2.54. The fourth-order valence-corrected chi connectivity index (χ4v) is 12.4. The summed E-state index contributed by atoms with van der Waals surface area (Å²) < 4.78 is 16.6. The van der Waals surface area contributed by atoms with Crippen LogP contribution in [0.3, 0.4) is 0 Å². The van der Waals surface area contributed by atoms with Crippen LogP contribution in [0.4, 0.5) is 0 Å². The molecule has 8 aliphatic rings. The van der Waals surface area contributed by atoms with E-state index in [1.807, 2.05) is 0 Å². The second-order valence-electron chi connectivity index (χ2n) is 34.6. The molecule has 0 amide bonds. The predicted molar refractivity (Wildman–Crippen MR) is 355 cm³/mol. The molecule has 0 aromatic heterocycles. The van der Waals surface area contributed by atoms with Gasteiger partial charge in [0, 0.05) is 63.6 Å². The minimum atomic E-state index is 0.334. The van der Waals surface area contributed by atoms with Crippen molar-refractivity contribution in [3.05, 3.63) is 0 Å². The first-order chi connectivity index (χ1) is 36.8. The molecule has 6 atom stereocenters. The summed E-state index contributed by atoms with van der Waals surface area (Å²) in [5.41, 5.74) is 3.48. The highest BCUT2D eigenvalue weighted by molar-refractivity contribution is 4.87. The monoisotopic (exact) mass is 1130 g/mol. The molecule has 8 rings (SSSR count). The van der Waals surface area contributed by atoms with E-state index in [0.717, 1.165) is 76.5 Å². The van der Waals surface area contributed by atoms with Gasteiger partial charge in [-0.25, -0.2) is 0 Å². The quantitative estimate of drug-likeness (QED) is 0.164. The Hall–Kier alpha value is -0.320. The van der Waals surface area contributed by atoms with Gasteiger partial charge in [0.15, 0.2) is 0 Å². The highest BCUT2D eigenvalue weighted by atomic mass is 16.5. The van der Waals surface area contributed by atoms with Crippen molar-refractivity contribution in [1.29, 1.82) is 0 Å². The van der Waals surface area contributed by atoms with Crippen LogP contribution in [0.5, 0.6) is 0 Å². The summed E-state index contributed by atoms with van der Waals surface area (Å²) in [4.78, 5) is 0. The predicted octanol–water partition coefficient (Wildman–Crippen LogP) is 18.4. The standard InChI is InChI=1S/2C10H20.2C9H19N.2C9H18O.C8H18N2.C8H17NO/c2*1-10(2,3)9-7-5-4-6-8-9;4*1-9(2,3)8-6-4-5-7-10-8;1-8(2,3)7-6-9-4-5-10-7;1-8(2,3)7-6-10-5-4-9-7/h2*9H,4-8H2,1-3H3;2*8,10H,4-7H2,1-3H3;2*8H,4-7H2,1-3H3;7,9-10H,4-6H2,1-3H3;7,9H,4-6H2,1-3H3/t;;4*8-;2*7-/m..101000/s1. The highest BCUT2D eigenvalue weighted by Gasteiger charge is 2.31. The maximum Gasteiger partial charge on any atom is 0.0625 e. The van der Waals surface area contributed by atoms with Crippen LogP contribution < -0.4 is 26.6 Å². The first-order valence-corrected chi connectivity index (χ1v) is 34.3. The van der Waals surface area contributed by atoms with Crippen molar-refractivity contribution in [3.63, 3.8) is 0 Å². The molecule has 0 aromatic carbocycles. The van der Waals surface area contributed by atoms with E-state index < -0.39 is 0 Å². The summed E-state index contributed by atoms with van der Waals surface area (Å²) >= 11 is 0. The van der Waals surface area contributed by atoms with Crippen LogP contribution in [0.1, 0.15) is 307 Å². The van der Waals surface area contributed by atoms with E-state index in [9.17, 15) is 0 Å². The van der Waals surface area contributed by atoms with E-state index in [0.29, 0.717) is 67.6 Å². The third kappa shape index (κ3) is 36.6. The van der Waals surface area contributed by atoms with Gasteiger partial charge in [0.25, 0.3) is 0 Å². The maximum atomic E-state index is 5.64. The van der Waals surface area contributed by atoms with Gasteiger partial charge in [-0.1, -0.05) is 218 Å². The summed E-state index contributed by atoms with van der Waals surface area (Å²) in [7, 11) is 0. The minimum Gasteiger partial charge on any atom is -0.378 e. The molecule has 5 N–H and O–H groups in total. The molecule has 0 radical (unpaired) electrons. The lowest BCUT2D eigenvalue weighted by Gasteiger charge is -2.35. The Morgan fingerprint density at radius 1 is 0.263 bits per heavy atom. The number of morpholine rings is 1. The van der Waals surface area contributed by atoms with E-state index in [1.165, 1.54) is 154 Å². The van der Waals surface area contributed by atoms with Crippen molar-refractivity contribution >= 4 is 0 Å². The van der Waals surface area contributed by atoms with Gasteiger partial charge >= 0.3 is 0 Å². The number of nitrogens with one attached hydrogen (secondary N) is 5. The van der Waals surface area contributed by atoms with Gasteiger partial charge in [0.2, 0.25) is 0 Å². The van der Waals surface area contributed by atoms with E-state index in [4.69, 9.17) is 14.2 Å². The zero-order valence-corrected chi connectivity index (χ0v) is 59.0. The van der Waals surface area contributed by atoms with Gasteiger partial charge in [0.05, 0.1) is 25.4 Å². The maximum absolute atomic E-state index is 5.64. The van der Waals surface area contributed by atoms with Gasteiger partial charge in [0.1, 0.15) is 0 Å². The summed E-state index contributed by atoms with van der Waals surface area (Å²) in [6.45, 7) is 65.7. The molecule has 6 saturated heterocycles. The third-order valence-corrected chi connectivity index (χ3v) is 18.7. The van der Waals surface area contributed by atoms with Gasteiger partial charge in [-0.05, 0) is 158 Å². The van der Waals surface area contributed by atoms with Crippen molar-refractivity contribution in [2.45, 2.75) is 344 Å². The van der Waals surface area contributed by atoms with E-state index in [1.54, 1.807) is 0 Å². The Bertz CT molecular complexity index is 1110. The molecule has 0 unspecified atom stereocenters. The average molecular weight is 1130 g/mol. The van der Waals surface area contributed by atoms with Crippen LogP contribution in [0.15, 0.2) is 0 Å². The normalized spacial score (nSPS) is 27.1. The van der Waals surface area contributed by atoms with Crippen molar-refractivity contribution in [1.82, 2.24) is 26.6 Å². The van der Waals surface area contributed by atoms with Crippen LogP contribution in [0.2, 0.25) is 0 Å². The molecule has 6 heterocycles. The number of hydrogen-bond acceptors (Lipinski definition) is 8. The summed E-state index contributed by atoms with van der Waals surface area (Å²) in [6.07, 6.45) is 31.8. The number of rotatable bonds is 0. The Balaban J connectivity index is 0.000000457. The fourth-order valence-electron chi connectivity index (χ4n) is 12.4. The number of hydrogen-bond donors (Lipinski definition) is 5. The molecule has 480 valence electrons. The van der Waals surface area contributed by atoms with Crippen molar-refractivity contribution in [2.24, 2.45) is 55.2 Å². The second-order valence-corrected chi connectivity index (χ2v) is 34.6. The largest absolute Gasteiger partial charge is 0.378 e. The van der Waals surface area contributed by atoms with Crippen LogP contribution in [0, 0.1) is 55.2 Å². The molecule has 2 saturated carbocycles. The smallest absolute Gasteiger partial charge is 0.0625 e.